The van der Waals surface area contributed by atoms with Gasteiger partial charge in [-0.25, -0.2) is 0 Å². The molecule has 3 aliphatic rings. The Labute approximate surface area is 170 Å². The molecule has 148 valence electrons. The average molecular weight is 387 g/mol. The maximum Gasteiger partial charge on any atom is 0.196 e. The highest BCUT2D eigenvalue weighted by molar-refractivity contribution is 6.28. The summed E-state index contributed by atoms with van der Waals surface area (Å²) in [4.78, 5) is 18.5. The zero-order valence-corrected chi connectivity index (χ0v) is 16.8. The van der Waals surface area contributed by atoms with Crippen LogP contribution in [0.5, 0.6) is 0 Å². The van der Waals surface area contributed by atoms with E-state index in [1.54, 1.807) is 0 Å². The number of carbonyl (C=O) groups excluding carboxylic acids is 1. The van der Waals surface area contributed by atoms with E-state index in [4.69, 9.17) is 4.52 Å². The molecule has 2 saturated heterocycles. The first-order valence-electron chi connectivity index (χ1n) is 10.8. The largest absolute Gasteiger partial charge is 0.371 e. The number of piperidine rings is 1. The molecule has 6 rings (SSSR count). The van der Waals surface area contributed by atoms with Gasteiger partial charge in [-0.3, -0.25) is 4.79 Å². The van der Waals surface area contributed by atoms with Gasteiger partial charge in [0.2, 0.25) is 0 Å². The molecule has 0 amide bonds. The fourth-order valence-corrected chi connectivity index (χ4v) is 5.38. The summed E-state index contributed by atoms with van der Waals surface area (Å²) in [7, 11) is 0. The molecule has 0 spiro atoms. The van der Waals surface area contributed by atoms with Gasteiger partial charge in [0.05, 0.1) is 22.3 Å². The summed E-state index contributed by atoms with van der Waals surface area (Å²) >= 11 is 0. The second-order valence-electron chi connectivity index (χ2n) is 8.79. The second-order valence-corrected chi connectivity index (χ2v) is 8.79. The van der Waals surface area contributed by atoms with Crippen LogP contribution in [0.3, 0.4) is 0 Å². The first-order valence-corrected chi connectivity index (χ1v) is 10.8. The van der Waals surface area contributed by atoms with Crippen molar-refractivity contribution in [3.05, 3.63) is 41.5 Å². The van der Waals surface area contributed by atoms with E-state index in [-0.39, 0.29) is 5.78 Å². The number of hydrogen-bond donors (Lipinski definition) is 0. The summed E-state index contributed by atoms with van der Waals surface area (Å²) in [6.45, 7) is 6.37. The fraction of sp³-hybridized carbons (Fsp3) is 0.417. The van der Waals surface area contributed by atoms with E-state index in [1.165, 1.54) is 25.7 Å². The van der Waals surface area contributed by atoms with E-state index < -0.39 is 0 Å². The number of fused-ring (bicyclic) bond motifs is 2. The van der Waals surface area contributed by atoms with Crippen LogP contribution >= 0.6 is 0 Å². The number of anilines is 2. The summed E-state index contributed by atoms with van der Waals surface area (Å²) in [5.74, 6) is 1.48. The molecule has 29 heavy (non-hydrogen) atoms. The molecule has 5 heteroatoms. The second kappa shape index (κ2) is 6.34. The predicted molar refractivity (Wildman–Crippen MR) is 115 cm³/mol. The number of carbonyl (C=O) groups is 1. The standard InChI is InChI=1S/C24H25N3O2/c1-15-7-6-12-27(14-15)18-13-19(26-10-4-5-11-26)22-21-20(18)23(28)16-8-2-3-9-17(16)24(21)29-25-22/h2-3,8-9,13,15H,4-7,10-12,14H2,1H3/t15-/m0/s1. The third kappa shape index (κ3) is 2.46. The Hall–Kier alpha value is -2.82. The van der Waals surface area contributed by atoms with E-state index in [0.717, 1.165) is 70.9 Å². The zero-order chi connectivity index (χ0) is 19.5. The van der Waals surface area contributed by atoms with E-state index >= 15 is 0 Å². The number of ketones is 1. The SMILES string of the molecule is C[C@H]1CCCN(c2cc(N3CCCC3)c3noc4c3c2C(=O)c2ccccc2-4)C1. The van der Waals surface area contributed by atoms with Gasteiger partial charge in [-0.2, -0.15) is 0 Å². The van der Waals surface area contributed by atoms with Crippen LogP contribution < -0.4 is 9.80 Å². The third-order valence-electron chi connectivity index (χ3n) is 6.80. The van der Waals surface area contributed by atoms with Crippen molar-refractivity contribution in [2.45, 2.75) is 32.6 Å². The zero-order valence-electron chi connectivity index (χ0n) is 16.8. The molecule has 0 radical (unpaired) electrons. The van der Waals surface area contributed by atoms with Gasteiger partial charge in [-0.05, 0) is 37.7 Å². The highest BCUT2D eigenvalue weighted by atomic mass is 16.5. The van der Waals surface area contributed by atoms with Crippen LogP contribution in [0.15, 0.2) is 34.9 Å². The van der Waals surface area contributed by atoms with Crippen LogP contribution in [0, 0.1) is 5.92 Å². The molecule has 1 atom stereocenters. The van der Waals surface area contributed by atoms with E-state index in [1.807, 2.05) is 24.3 Å². The van der Waals surface area contributed by atoms with Gasteiger partial charge in [-0.1, -0.05) is 36.3 Å². The monoisotopic (exact) mass is 387 g/mol. The maximum atomic E-state index is 13.7. The summed E-state index contributed by atoms with van der Waals surface area (Å²) < 4.78 is 5.89. The minimum absolute atomic E-state index is 0.0995. The molecule has 5 nitrogen and oxygen atoms in total. The summed E-state index contributed by atoms with van der Waals surface area (Å²) in [5.41, 5.74) is 5.40. The lowest BCUT2D eigenvalue weighted by Crippen LogP contribution is -2.35. The van der Waals surface area contributed by atoms with Crippen molar-refractivity contribution in [2.75, 3.05) is 36.0 Å². The van der Waals surface area contributed by atoms with Gasteiger partial charge in [-0.15, -0.1) is 0 Å². The number of benzene rings is 2. The topological polar surface area (TPSA) is 49.6 Å². The Morgan fingerprint density at radius 1 is 1.00 bits per heavy atom. The number of rotatable bonds is 2. The number of nitrogens with zero attached hydrogens (tertiary/aromatic N) is 3. The molecule has 2 aromatic carbocycles. The lowest BCUT2D eigenvalue weighted by molar-refractivity contribution is 0.104. The number of hydrogen-bond acceptors (Lipinski definition) is 5. The van der Waals surface area contributed by atoms with Gasteiger partial charge >= 0.3 is 0 Å². The molecule has 3 aromatic rings. The smallest absolute Gasteiger partial charge is 0.196 e. The van der Waals surface area contributed by atoms with Crippen molar-refractivity contribution in [3.63, 3.8) is 0 Å². The first-order chi connectivity index (χ1) is 14.2. The molecule has 0 unspecified atom stereocenters. The summed E-state index contributed by atoms with van der Waals surface area (Å²) in [5, 5.41) is 5.39. The molecule has 3 heterocycles. The van der Waals surface area contributed by atoms with Crippen molar-refractivity contribution in [1.82, 2.24) is 5.16 Å². The Morgan fingerprint density at radius 3 is 2.55 bits per heavy atom. The molecular weight excluding hydrogens is 362 g/mol. The molecule has 2 aliphatic heterocycles. The Bertz CT molecular complexity index is 1130. The van der Waals surface area contributed by atoms with Crippen LogP contribution in [-0.2, 0) is 0 Å². The molecule has 1 aliphatic carbocycles. The Kier molecular flexibility index (Phi) is 3.73. The molecule has 1 aromatic heterocycles. The van der Waals surface area contributed by atoms with Gasteiger partial charge in [0.25, 0.3) is 0 Å². The van der Waals surface area contributed by atoms with Crippen molar-refractivity contribution in [1.29, 1.82) is 0 Å². The highest BCUT2D eigenvalue weighted by Crippen LogP contribution is 2.47. The van der Waals surface area contributed by atoms with Gasteiger partial charge in [0.1, 0.15) is 5.52 Å². The molecular formula is C24H25N3O2. The van der Waals surface area contributed by atoms with Crippen LogP contribution in [0.2, 0.25) is 0 Å². The molecule has 0 saturated carbocycles. The first kappa shape index (κ1) is 17.1. The Balaban J connectivity index is 1.65. The van der Waals surface area contributed by atoms with E-state index in [2.05, 4.69) is 27.9 Å². The van der Waals surface area contributed by atoms with Gasteiger partial charge in [0, 0.05) is 37.3 Å². The fourth-order valence-electron chi connectivity index (χ4n) is 5.38. The van der Waals surface area contributed by atoms with E-state index in [0.29, 0.717) is 5.92 Å². The van der Waals surface area contributed by atoms with Crippen molar-refractivity contribution in [3.8, 4) is 11.3 Å². The summed E-state index contributed by atoms with van der Waals surface area (Å²) in [6, 6.07) is 9.99. The van der Waals surface area contributed by atoms with Gasteiger partial charge in [0.15, 0.2) is 11.5 Å². The van der Waals surface area contributed by atoms with Crippen LogP contribution in [0.1, 0.15) is 48.5 Å². The molecule has 2 fully saturated rings. The van der Waals surface area contributed by atoms with Crippen molar-refractivity contribution < 1.29 is 9.32 Å². The van der Waals surface area contributed by atoms with Gasteiger partial charge < -0.3 is 14.3 Å². The highest BCUT2D eigenvalue weighted by Gasteiger charge is 2.35. The van der Waals surface area contributed by atoms with Crippen LogP contribution in [0.4, 0.5) is 11.4 Å². The normalized spacial score (nSPS) is 21.1. The van der Waals surface area contributed by atoms with Crippen LogP contribution in [0.25, 0.3) is 22.2 Å². The molecule has 0 bridgehead atoms. The summed E-state index contributed by atoms with van der Waals surface area (Å²) in [6.07, 6.45) is 4.82. The quantitative estimate of drug-likeness (QED) is 0.491. The Morgan fingerprint density at radius 2 is 1.76 bits per heavy atom. The van der Waals surface area contributed by atoms with Crippen molar-refractivity contribution >= 4 is 28.1 Å². The maximum absolute atomic E-state index is 13.7. The third-order valence-corrected chi connectivity index (χ3v) is 6.80. The molecule has 0 N–H and O–H groups in total. The minimum Gasteiger partial charge on any atom is -0.371 e. The van der Waals surface area contributed by atoms with Crippen LogP contribution in [-0.4, -0.2) is 37.1 Å². The predicted octanol–water partition coefficient (Wildman–Crippen LogP) is 4.88. The lowest BCUT2D eigenvalue weighted by atomic mass is 9.85. The van der Waals surface area contributed by atoms with Crippen molar-refractivity contribution in [2.24, 2.45) is 5.92 Å². The minimum atomic E-state index is 0.0995. The van der Waals surface area contributed by atoms with E-state index in [9.17, 15) is 4.79 Å². The average Bonchev–Trinajstić information content (AvgIpc) is 3.42. The lowest BCUT2D eigenvalue weighted by Gasteiger charge is -2.35. The number of aromatic nitrogens is 1.